The summed E-state index contributed by atoms with van der Waals surface area (Å²) >= 11 is 0. The predicted octanol–water partition coefficient (Wildman–Crippen LogP) is 4.22. The molecule has 3 rings (SSSR count). The van der Waals surface area contributed by atoms with Crippen LogP contribution < -0.4 is 25.4 Å². The van der Waals surface area contributed by atoms with E-state index in [-0.39, 0.29) is 5.91 Å². The van der Waals surface area contributed by atoms with Crippen LogP contribution in [0.1, 0.15) is 44.9 Å². The normalized spacial score (nSPS) is 11.2. The van der Waals surface area contributed by atoms with Crippen molar-refractivity contribution in [2.24, 2.45) is 5.73 Å². The molecule has 2 aromatic carbocycles. The molecule has 6 nitrogen and oxygen atoms in total. The van der Waals surface area contributed by atoms with Crippen molar-refractivity contribution < 1.29 is 9.36 Å². The maximum absolute atomic E-state index is 12.1. The molecule has 1 aromatic heterocycles. The fourth-order valence-electron chi connectivity index (χ4n) is 4.36. The van der Waals surface area contributed by atoms with E-state index in [4.69, 9.17) is 5.73 Å². The van der Waals surface area contributed by atoms with Gasteiger partial charge in [-0.1, -0.05) is 6.42 Å². The van der Waals surface area contributed by atoms with Gasteiger partial charge in [0.15, 0.2) is 0 Å². The Morgan fingerprint density at radius 3 is 1.94 bits per heavy atom. The van der Waals surface area contributed by atoms with E-state index in [9.17, 15) is 4.79 Å². The average molecular weight is 465 g/mol. The molecule has 0 unspecified atom stereocenters. The molecule has 1 heterocycles. The zero-order valence-electron chi connectivity index (χ0n) is 21.4. The van der Waals surface area contributed by atoms with Crippen LogP contribution in [0.15, 0.2) is 42.5 Å². The van der Waals surface area contributed by atoms with Gasteiger partial charge in [0.2, 0.25) is 16.9 Å². The summed E-state index contributed by atoms with van der Waals surface area (Å²) in [7, 11) is 8.33. The maximum atomic E-state index is 12.1. The van der Waals surface area contributed by atoms with E-state index in [1.54, 1.807) is 0 Å². The van der Waals surface area contributed by atoms with Gasteiger partial charge >= 0.3 is 0 Å². The number of hydrogen-bond donors (Lipinski definition) is 2. The number of amides is 1. The largest absolute Gasteiger partial charge is 0.377 e. The van der Waals surface area contributed by atoms with Crippen LogP contribution in [-0.2, 0) is 11.3 Å². The fraction of sp³-hybridized carbons (Fsp3) is 0.500. The first-order chi connectivity index (χ1) is 16.4. The maximum Gasteiger partial charge on any atom is 0.219 e. The van der Waals surface area contributed by atoms with Crippen molar-refractivity contribution in [2.75, 3.05) is 51.1 Å². The Bertz CT molecular complexity index is 1030. The molecule has 3 N–H and O–H groups in total. The van der Waals surface area contributed by atoms with Crippen molar-refractivity contribution in [3.63, 3.8) is 0 Å². The van der Waals surface area contributed by atoms with Crippen molar-refractivity contribution in [3.8, 4) is 0 Å². The lowest BCUT2D eigenvalue weighted by Gasteiger charge is -2.15. The molecule has 0 bridgehead atoms. The Labute approximate surface area is 204 Å². The van der Waals surface area contributed by atoms with Crippen molar-refractivity contribution in [3.05, 3.63) is 42.5 Å². The summed E-state index contributed by atoms with van der Waals surface area (Å²) in [4.78, 5) is 16.4. The minimum Gasteiger partial charge on any atom is -0.377 e. The highest BCUT2D eigenvalue weighted by atomic mass is 16.1. The first-order valence-corrected chi connectivity index (χ1v) is 12.6. The van der Waals surface area contributed by atoms with Crippen LogP contribution in [0.2, 0.25) is 0 Å². The minimum absolute atomic E-state index is 0.169. The Balaban J connectivity index is 1.70. The molecule has 3 aromatic rings. The summed E-state index contributed by atoms with van der Waals surface area (Å²) in [6.07, 6.45) is 6.72. The number of anilines is 2. The summed E-state index contributed by atoms with van der Waals surface area (Å²) in [5.74, 6) is 0.169. The highest BCUT2D eigenvalue weighted by molar-refractivity contribution is 5.91. The van der Waals surface area contributed by atoms with Gasteiger partial charge in [-0.25, -0.2) is 0 Å². The van der Waals surface area contributed by atoms with Gasteiger partial charge in [-0.15, -0.1) is 0 Å². The average Bonchev–Trinajstić information content (AvgIpc) is 2.82. The van der Waals surface area contributed by atoms with Crippen molar-refractivity contribution in [2.45, 2.75) is 51.5 Å². The molecule has 0 atom stereocenters. The summed E-state index contributed by atoms with van der Waals surface area (Å²) in [5.41, 5.74) is 10.4. The van der Waals surface area contributed by atoms with Crippen LogP contribution in [0.3, 0.4) is 0 Å². The molecule has 0 saturated heterocycles. The Hall–Kier alpha value is -2.86. The van der Waals surface area contributed by atoms with Crippen LogP contribution in [0.4, 0.5) is 11.4 Å². The zero-order chi connectivity index (χ0) is 24.5. The summed E-state index contributed by atoms with van der Waals surface area (Å²) in [5, 5.41) is 5.55. The molecule has 34 heavy (non-hydrogen) atoms. The third-order valence-electron chi connectivity index (χ3n) is 6.44. The number of aryl methyl sites for hydroxylation is 1. The number of nitrogens with one attached hydrogen (secondary N) is 1. The molecule has 0 aliphatic rings. The molecular weight excluding hydrogens is 422 g/mol. The van der Waals surface area contributed by atoms with E-state index in [0.29, 0.717) is 6.42 Å². The van der Waals surface area contributed by atoms with Crippen LogP contribution in [0.25, 0.3) is 21.8 Å². The van der Waals surface area contributed by atoms with E-state index in [0.717, 1.165) is 58.2 Å². The number of benzene rings is 2. The number of carbonyl (C=O) groups is 1. The van der Waals surface area contributed by atoms with Gasteiger partial charge in [-0.2, -0.15) is 4.57 Å². The minimum atomic E-state index is 0.169. The zero-order valence-corrected chi connectivity index (χ0v) is 21.4. The lowest BCUT2D eigenvalue weighted by molar-refractivity contribution is -0.645. The summed E-state index contributed by atoms with van der Waals surface area (Å²) in [6.45, 7) is 2.42. The third-order valence-corrected chi connectivity index (χ3v) is 6.44. The lowest BCUT2D eigenvalue weighted by Crippen LogP contribution is -2.36. The number of rotatable bonds is 13. The second-order valence-corrected chi connectivity index (χ2v) is 9.58. The van der Waals surface area contributed by atoms with Crippen molar-refractivity contribution in [1.29, 1.82) is 0 Å². The SMILES string of the molecule is CN(C)c1ccc2cc3ccc(N(C)C)cc3[n+](CCCCCC(=O)NCCCCCN)c2c1. The molecule has 184 valence electrons. The van der Waals surface area contributed by atoms with E-state index < -0.39 is 0 Å². The van der Waals surface area contributed by atoms with E-state index in [1.807, 2.05) is 0 Å². The van der Waals surface area contributed by atoms with Gasteiger partial charge in [0.05, 0.1) is 0 Å². The highest BCUT2D eigenvalue weighted by Crippen LogP contribution is 2.25. The fourth-order valence-corrected chi connectivity index (χ4v) is 4.36. The highest BCUT2D eigenvalue weighted by Gasteiger charge is 2.17. The number of fused-ring (bicyclic) bond motifs is 2. The number of nitrogens with zero attached hydrogens (tertiary/aromatic N) is 3. The Kier molecular flexibility index (Phi) is 9.52. The number of hydrogen-bond acceptors (Lipinski definition) is 4. The predicted molar refractivity (Wildman–Crippen MR) is 145 cm³/mol. The number of unbranched alkanes of at least 4 members (excludes halogenated alkanes) is 4. The van der Waals surface area contributed by atoms with E-state index in [1.165, 1.54) is 33.2 Å². The summed E-state index contributed by atoms with van der Waals surface area (Å²) < 4.78 is 2.46. The second-order valence-electron chi connectivity index (χ2n) is 9.58. The molecule has 6 heteroatoms. The van der Waals surface area contributed by atoms with E-state index in [2.05, 4.69) is 90.3 Å². The molecule has 0 fully saturated rings. The summed E-state index contributed by atoms with van der Waals surface area (Å²) in [6, 6.07) is 15.7. The molecule has 0 spiro atoms. The van der Waals surface area contributed by atoms with Gasteiger partial charge in [0, 0.05) is 81.9 Å². The molecule has 1 amide bonds. The quantitative estimate of drug-likeness (QED) is 0.226. The van der Waals surface area contributed by atoms with Crippen molar-refractivity contribution >= 4 is 39.1 Å². The van der Waals surface area contributed by atoms with Crippen LogP contribution >= 0.6 is 0 Å². The van der Waals surface area contributed by atoms with E-state index >= 15 is 0 Å². The van der Waals surface area contributed by atoms with Gasteiger partial charge < -0.3 is 20.9 Å². The lowest BCUT2D eigenvalue weighted by atomic mass is 10.1. The number of carbonyl (C=O) groups excluding carboxylic acids is 1. The first kappa shape index (κ1) is 25.8. The standard InChI is InChI=1S/C28H41N5O/c1-31(2)24-14-12-22-19-23-13-15-25(32(3)4)21-27(23)33(26(22)20-24)18-10-5-7-11-28(34)30-17-9-6-8-16-29/h12-15,19-21H,5-11,16-18,29H2,1-4H3/p+1. The number of pyridine rings is 1. The van der Waals surface area contributed by atoms with Crippen molar-refractivity contribution in [1.82, 2.24) is 5.32 Å². The smallest absolute Gasteiger partial charge is 0.219 e. The molecule has 0 aliphatic heterocycles. The molecular formula is C28H42N5O+. The van der Waals surface area contributed by atoms with Crippen LogP contribution in [-0.4, -0.2) is 47.2 Å². The molecule has 0 aliphatic carbocycles. The third kappa shape index (κ3) is 6.83. The number of nitrogens with two attached hydrogens (primary N) is 1. The number of aromatic nitrogens is 1. The van der Waals surface area contributed by atoms with Gasteiger partial charge in [-0.05, 0) is 62.6 Å². The van der Waals surface area contributed by atoms with Crippen LogP contribution in [0, 0.1) is 0 Å². The topological polar surface area (TPSA) is 65.5 Å². The van der Waals surface area contributed by atoms with Crippen LogP contribution in [0.5, 0.6) is 0 Å². The second kappa shape index (κ2) is 12.6. The van der Waals surface area contributed by atoms with Gasteiger partial charge in [0.1, 0.15) is 6.54 Å². The molecule has 0 radical (unpaired) electrons. The Morgan fingerprint density at radius 2 is 1.38 bits per heavy atom. The van der Waals surface area contributed by atoms with Gasteiger partial charge in [-0.3, -0.25) is 4.79 Å². The monoisotopic (exact) mass is 464 g/mol. The Morgan fingerprint density at radius 1 is 0.794 bits per heavy atom. The van der Waals surface area contributed by atoms with Gasteiger partial charge in [0.25, 0.3) is 0 Å². The molecule has 0 saturated carbocycles. The first-order valence-electron chi connectivity index (χ1n) is 12.6.